The fourth-order valence-corrected chi connectivity index (χ4v) is 3.70. The zero-order valence-electron chi connectivity index (χ0n) is 12.0. The van der Waals surface area contributed by atoms with Crippen LogP contribution in [0.1, 0.15) is 16.7 Å². The van der Waals surface area contributed by atoms with Crippen molar-refractivity contribution in [2.24, 2.45) is 0 Å². The number of fused-ring (bicyclic) bond motifs is 3. The van der Waals surface area contributed by atoms with Crippen LogP contribution in [0.25, 0.3) is 11.1 Å². The standard InChI is InChI=1S/C17H16BrClO2/c1-20-17(10-19,21-2)13-3-5-15-11(8-13)7-12-9-14(18)4-6-16(12)15/h3-6,8-9H,7,10H2,1-2H3. The lowest BCUT2D eigenvalue weighted by atomic mass is 9.99. The monoisotopic (exact) mass is 366 g/mol. The van der Waals surface area contributed by atoms with Gasteiger partial charge in [0.25, 0.3) is 0 Å². The maximum atomic E-state index is 6.06. The van der Waals surface area contributed by atoms with Gasteiger partial charge in [-0.25, -0.2) is 0 Å². The van der Waals surface area contributed by atoms with E-state index in [0.29, 0.717) is 0 Å². The van der Waals surface area contributed by atoms with Gasteiger partial charge < -0.3 is 9.47 Å². The summed E-state index contributed by atoms with van der Waals surface area (Å²) >= 11 is 9.60. The van der Waals surface area contributed by atoms with Crippen molar-refractivity contribution in [1.82, 2.24) is 0 Å². The molecule has 3 rings (SSSR count). The van der Waals surface area contributed by atoms with Crippen molar-refractivity contribution < 1.29 is 9.47 Å². The predicted octanol–water partition coefficient (Wildman–Crippen LogP) is 4.70. The molecule has 0 atom stereocenters. The Morgan fingerprint density at radius 1 is 1.05 bits per heavy atom. The zero-order chi connectivity index (χ0) is 15.0. The minimum absolute atomic E-state index is 0.247. The lowest BCUT2D eigenvalue weighted by Crippen LogP contribution is -2.32. The van der Waals surface area contributed by atoms with Gasteiger partial charge in [0.1, 0.15) is 0 Å². The molecule has 0 heterocycles. The van der Waals surface area contributed by atoms with Gasteiger partial charge in [-0.05, 0) is 46.9 Å². The van der Waals surface area contributed by atoms with E-state index in [9.17, 15) is 0 Å². The van der Waals surface area contributed by atoms with Gasteiger partial charge >= 0.3 is 0 Å². The maximum Gasteiger partial charge on any atom is 0.208 e. The highest BCUT2D eigenvalue weighted by Gasteiger charge is 2.32. The van der Waals surface area contributed by atoms with Crippen LogP contribution in [-0.2, 0) is 21.7 Å². The second-order valence-corrected chi connectivity index (χ2v) is 6.33. The van der Waals surface area contributed by atoms with Crippen LogP contribution >= 0.6 is 27.5 Å². The SMILES string of the molecule is COC(CCl)(OC)c1ccc2c(c1)Cc1cc(Br)ccc1-2. The first-order valence-electron chi connectivity index (χ1n) is 6.72. The van der Waals surface area contributed by atoms with Crippen LogP contribution in [0.3, 0.4) is 0 Å². The molecule has 0 unspecified atom stereocenters. The normalized spacial score (nSPS) is 13.1. The van der Waals surface area contributed by atoms with Crippen molar-refractivity contribution in [1.29, 1.82) is 0 Å². The molecule has 1 aliphatic carbocycles. The van der Waals surface area contributed by atoms with E-state index in [0.717, 1.165) is 16.5 Å². The largest absolute Gasteiger partial charge is 0.348 e. The van der Waals surface area contributed by atoms with Gasteiger partial charge in [0, 0.05) is 24.3 Å². The Labute approximate surface area is 138 Å². The van der Waals surface area contributed by atoms with E-state index in [1.54, 1.807) is 14.2 Å². The quantitative estimate of drug-likeness (QED) is 0.491. The number of alkyl halides is 1. The van der Waals surface area contributed by atoms with Crippen molar-refractivity contribution >= 4 is 27.5 Å². The summed E-state index contributed by atoms with van der Waals surface area (Å²) in [7, 11) is 3.23. The summed E-state index contributed by atoms with van der Waals surface area (Å²) in [6, 6.07) is 12.7. The highest BCUT2D eigenvalue weighted by molar-refractivity contribution is 9.10. The third kappa shape index (κ3) is 2.42. The van der Waals surface area contributed by atoms with Gasteiger partial charge in [0.2, 0.25) is 5.79 Å². The van der Waals surface area contributed by atoms with Crippen LogP contribution < -0.4 is 0 Å². The molecule has 1 aliphatic rings. The topological polar surface area (TPSA) is 18.5 Å². The lowest BCUT2D eigenvalue weighted by Gasteiger charge is -2.29. The Balaban J connectivity index is 2.06. The van der Waals surface area contributed by atoms with E-state index in [4.69, 9.17) is 21.1 Å². The van der Waals surface area contributed by atoms with Crippen molar-refractivity contribution in [3.8, 4) is 11.1 Å². The smallest absolute Gasteiger partial charge is 0.208 e. The highest BCUT2D eigenvalue weighted by atomic mass is 79.9. The molecule has 110 valence electrons. The molecule has 21 heavy (non-hydrogen) atoms. The molecule has 0 aliphatic heterocycles. The van der Waals surface area contributed by atoms with Gasteiger partial charge in [0.05, 0.1) is 5.88 Å². The van der Waals surface area contributed by atoms with Crippen LogP contribution in [0, 0.1) is 0 Å². The summed E-state index contributed by atoms with van der Waals surface area (Å²) in [5.41, 5.74) is 6.14. The van der Waals surface area contributed by atoms with E-state index in [1.807, 2.05) is 6.07 Å². The van der Waals surface area contributed by atoms with Crippen molar-refractivity contribution in [2.45, 2.75) is 12.2 Å². The van der Waals surface area contributed by atoms with E-state index in [-0.39, 0.29) is 5.88 Å². The molecule has 0 bridgehead atoms. The number of hydrogen-bond acceptors (Lipinski definition) is 2. The van der Waals surface area contributed by atoms with Gasteiger partial charge in [-0.2, -0.15) is 0 Å². The van der Waals surface area contributed by atoms with Gasteiger partial charge in [-0.1, -0.05) is 34.1 Å². The fraction of sp³-hybridized carbons (Fsp3) is 0.294. The Morgan fingerprint density at radius 3 is 2.29 bits per heavy atom. The van der Waals surface area contributed by atoms with E-state index >= 15 is 0 Å². The maximum absolute atomic E-state index is 6.06. The van der Waals surface area contributed by atoms with Crippen LogP contribution in [0.4, 0.5) is 0 Å². The van der Waals surface area contributed by atoms with E-state index in [1.165, 1.54) is 22.3 Å². The highest BCUT2D eigenvalue weighted by Crippen LogP contribution is 2.40. The Morgan fingerprint density at radius 2 is 1.67 bits per heavy atom. The van der Waals surface area contributed by atoms with Crippen LogP contribution in [0.5, 0.6) is 0 Å². The number of halogens is 2. The summed E-state index contributed by atoms with van der Waals surface area (Å²) in [6.07, 6.45) is 0.920. The predicted molar refractivity (Wildman–Crippen MR) is 88.8 cm³/mol. The molecule has 0 spiro atoms. The molecule has 0 saturated heterocycles. The van der Waals surface area contributed by atoms with Gasteiger partial charge in [-0.15, -0.1) is 11.6 Å². The summed E-state index contributed by atoms with van der Waals surface area (Å²) in [5, 5.41) is 0. The first kappa shape index (κ1) is 15.0. The molecule has 2 aromatic carbocycles. The molecule has 0 radical (unpaired) electrons. The fourth-order valence-electron chi connectivity index (χ4n) is 2.92. The molecular formula is C17H16BrClO2. The van der Waals surface area contributed by atoms with Crippen molar-refractivity contribution in [3.63, 3.8) is 0 Å². The first-order valence-corrected chi connectivity index (χ1v) is 8.05. The summed E-state index contributed by atoms with van der Waals surface area (Å²) in [5.74, 6) is -0.636. The average Bonchev–Trinajstić information content (AvgIpc) is 2.86. The van der Waals surface area contributed by atoms with Crippen LogP contribution in [0.2, 0.25) is 0 Å². The van der Waals surface area contributed by atoms with Crippen LogP contribution in [-0.4, -0.2) is 20.1 Å². The van der Waals surface area contributed by atoms with Crippen molar-refractivity contribution in [3.05, 3.63) is 57.6 Å². The molecule has 0 N–H and O–H groups in total. The summed E-state index contributed by atoms with van der Waals surface area (Å²) < 4.78 is 12.1. The van der Waals surface area contributed by atoms with Gasteiger partial charge in [0.15, 0.2) is 0 Å². The second-order valence-electron chi connectivity index (χ2n) is 5.14. The molecule has 0 saturated carbocycles. The average molecular weight is 368 g/mol. The number of ether oxygens (including phenoxy) is 2. The Bertz CT molecular complexity index is 672. The van der Waals surface area contributed by atoms with Crippen LogP contribution in [0.15, 0.2) is 40.9 Å². The Kier molecular flexibility index (Phi) is 4.10. The van der Waals surface area contributed by atoms with Crippen molar-refractivity contribution in [2.75, 3.05) is 20.1 Å². The Hall–Kier alpha value is -0.870. The zero-order valence-corrected chi connectivity index (χ0v) is 14.3. The van der Waals surface area contributed by atoms with Gasteiger partial charge in [-0.3, -0.25) is 0 Å². The molecule has 2 nitrogen and oxygen atoms in total. The second kappa shape index (κ2) is 5.73. The molecule has 0 aromatic heterocycles. The third-order valence-electron chi connectivity index (χ3n) is 4.12. The number of methoxy groups -OCH3 is 2. The third-order valence-corrected chi connectivity index (χ3v) is 4.96. The first-order chi connectivity index (χ1) is 10.1. The molecule has 2 aromatic rings. The lowest BCUT2D eigenvalue weighted by molar-refractivity contribution is -0.198. The summed E-state index contributed by atoms with van der Waals surface area (Å²) in [4.78, 5) is 0. The molecule has 0 amide bonds. The minimum atomic E-state index is -0.883. The number of rotatable bonds is 4. The van der Waals surface area contributed by atoms with E-state index in [2.05, 4.69) is 46.3 Å². The molecule has 4 heteroatoms. The molecule has 0 fully saturated rings. The number of benzene rings is 2. The summed E-state index contributed by atoms with van der Waals surface area (Å²) in [6.45, 7) is 0. The minimum Gasteiger partial charge on any atom is -0.348 e. The molecular weight excluding hydrogens is 352 g/mol. The number of hydrogen-bond donors (Lipinski definition) is 0. The van der Waals surface area contributed by atoms with E-state index < -0.39 is 5.79 Å².